The van der Waals surface area contributed by atoms with Crippen LogP contribution in [0, 0.1) is 18.8 Å². The molecule has 3 unspecified atom stereocenters. The van der Waals surface area contributed by atoms with Crippen molar-refractivity contribution < 1.29 is 0 Å². The summed E-state index contributed by atoms with van der Waals surface area (Å²) in [5, 5.41) is 11.8. The van der Waals surface area contributed by atoms with Crippen molar-refractivity contribution >= 4 is 5.96 Å². The monoisotopic (exact) mass is 359 g/mol. The van der Waals surface area contributed by atoms with Crippen LogP contribution in [0.15, 0.2) is 4.99 Å². The zero-order valence-corrected chi connectivity index (χ0v) is 16.5. The number of hydrogen-bond acceptors (Lipinski definition) is 4. The van der Waals surface area contributed by atoms with Crippen molar-refractivity contribution in [1.29, 1.82) is 0 Å². The van der Waals surface area contributed by atoms with Gasteiger partial charge in [-0.05, 0) is 44.9 Å². The zero-order chi connectivity index (χ0) is 18.1. The number of aliphatic imine (C=N–C) groups is 1. The molecule has 3 aliphatic rings. The van der Waals surface area contributed by atoms with Crippen LogP contribution in [0.5, 0.6) is 0 Å². The van der Waals surface area contributed by atoms with Gasteiger partial charge in [0.25, 0.3) is 0 Å². The number of aromatic nitrogens is 3. The maximum absolute atomic E-state index is 4.83. The Bertz CT molecular complexity index is 644. The van der Waals surface area contributed by atoms with Crippen LogP contribution in [0.25, 0.3) is 0 Å². The number of nitrogens with zero attached hydrogens (tertiary/aromatic N) is 6. The molecule has 1 aromatic rings. The standard InChI is InChI=1S/C19H33N7/c1-4-20-19(21-13-18-23-22-14(2)24(18)3)26-9-7-25(8-10-26)17-12-15-5-6-16(17)11-15/h15-17H,4-13H2,1-3H3,(H,20,21). The Morgan fingerprint density at radius 3 is 2.54 bits per heavy atom. The molecule has 7 nitrogen and oxygen atoms in total. The minimum Gasteiger partial charge on any atom is -0.357 e. The molecule has 2 bridgehead atoms. The summed E-state index contributed by atoms with van der Waals surface area (Å²) in [6.07, 6.45) is 5.90. The van der Waals surface area contributed by atoms with Crippen LogP contribution in [-0.2, 0) is 13.6 Å². The summed E-state index contributed by atoms with van der Waals surface area (Å²) >= 11 is 0. The molecule has 3 fully saturated rings. The van der Waals surface area contributed by atoms with E-state index in [-0.39, 0.29) is 0 Å². The Morgan fingerprint density at radius 1 is 1.15 bits per heavy atom. The second-order valence-electron chi connectivity index (χ2n) is 8.16. The van der Waals surface area contributed by atoms with Gasteiger partial charge in [0.05, 0.1) is 0 Å². The van der Waals surface area contributed by atoms with Gasteiger partial charge < -0.3 is 14.8 Å². The molecular weight excluding hydrogens is 326 g/mol. The van der Waals surface area contributed by atoms with E-state index >= 15 is 0 Å². The first kappa shape index (κ1) is 17.8. The van der Waals surface area contributed by atoms with E-state index in [2.05, 4.69) is 32.2 Å². The van der Waals surface area contributed by atoms with Crippen LogP contribution in [0.4, 0.5) is 0 Å². The van der Waals surface area contributed by atoms with Crippen molar-refractivity contribution in [1.82, 2.24) is 29.9 Å². The lowest BCUT2D eigenvalue weighted by molar-refractivity contribution is 0.0958. The van der Waals surface area contributed by atoms with Crippen LogP contribution in [0.1, 0.15) is 44.3 Å². The van der Waals surface area contributed by atoms with Gasteiger partial charge in [0.1, 0.15) is 12.4 Å². The first-order chi connectivity index (χ1) is 12.7. The Morgan fingerprint density at radius 2 is 1.96 bits per heavy atom. The topological polar surface area (TPSA) is 61.6 Å². The van der Waals surface area contributed by atoms with Gasteiger partial charge in [0.2, 0.25) is 0 Å². The number of nitrogens with one attached hydrogen (secondary N) is 1. The van der Waals surface area contributed by atoms with E-state index in [1.807, 2.05) is 18.5 Å². The molecule has 0 aromatic carbocycles. The van der Waals surface area contributed by atoms with Gasteiger partial charge in [0, 0.05) is 45.8 Å². The SMILES string of the molecule is CCNC(=NCc1nnc(C)n1C)N1CCN(C2CC3CCC2C3)CC1. The molecule has 1 saturated heterocycles. The zero-order valence-electron chi connectivity index (χ0n) is 16.5. The van der Waals surface area contributed by atoms with Gasteiger partial charge in [-0.25, -0.2) is 4.99 Å². The Labute approximate surface area is 156 Å². The summed E-state index contributed by atoms with van der Waals surface area (Å²) in [5.41, 5.74) is 0. The molecule has 0 amide bonds. The lowest BCUT2D eigenvalue weighted by atomic mass is 9.93. The summed E-state index contributed by atoms with van der Waals surface area (Å²) in [5.74, 6) is 4.86. The van der Waals surface area contributed by atoms with Gasteiger partial charge in [-0.3, -0.25) is 4.90 Å². The number of rotatable bonds is 4. The average Bonchev–Trinajstić information content (AvgIpc) is 3.37. The lowest BCUT2D eigenvalue weighted by Gasteiger charge is -2.42. The highest BCUT2D eigenvalue weighted by Gasteiger charge is 2.42. The highest BCUT2D eigenvalue weighted by atomic mass is 15.4. The van der Waals surface area contributed by atoms with Gasteiger partial charge in [-0.1, -0.05) is 6.42 Å². The van der Waals surface area contributed by atoms with Crippen LogP contribution >= 0.6 is 0 Å². The minimum absolute atomic E-state index is 0.576. The fraction of sp³-hybridized carbons (Fsp3) is 0.842. The number of piperazine rings is 1. The Balaban J connectivity index is 1.35. The molecule has 0 radical (unpaired) electrons. The third kappa shape index (κ3) is 3.46. The number of fused-ring (bicyclic) bond motifs is 2. The molecule has 7 heteroatoms. The molecule has 2 heterocycles. The average molecular weight is 360 g/mol. The molecule has 2 aliphatic carbocycles. The molecule has 2 saturated carbocycles. The lowest BCUT2D eigenvalue weighted by Crippen LogP contribution is -2.55. The number of hydrogen-bond donors (Lipinski definition) is 1. The predicted octanol–water partition coefficient (Wildman–Crippen LogP) is 1.40. The third-order valence-electron chi connectivity index (χ3n) is 6.67. The number of aryl methyl sites for hydroxylation is 1. The summed E-state index contributed by atoms with van der Waals surface area (Å²) in [6, 6.07) is 0.858. The van der Waals surface area contributed by atoms with Gasteiger partial charge >= 0.3 is 0 Å². The second kappa shape index (κ2) is 7.55. The van der Waals surface area contributed by atoms with Crippen molar-refractivity contribution in [2.24, 2.45) is 23.9 Å². The molecule has 4 rings (SSSR count). The molecular formula is C19H33N7. The Hall–Kier alpha value is -1.63. The molecule has 26 heavy (non-hydrogen) atoms. The minimum atomic E-state index is 0.576. The molecule has 3 atom stereocenters. The summed E-state index contributed by atoms with van der Waals surface area (Å²) in [7, 11) is 2.00. The summed E-state index contributed by atoms with van der Waals surface area (Å²) < 4.78 is 2.01. The summed E-state index contributed by atoms with van der Waals surface area (Å²) in [4.78, 5) is 10.0. The van der Waals surface area contributed by atoms with E-state index in [4.69, 9.17) is 4.99 Å². The maximum atomic E-state index is 4.83. The van der Waals surface area contributed by atoms with E-state index in [0.29, 0.717) is 6.54 Å². The molecule has 144 valence electrons. The molecule has 1 aromatic heterocycles. The predicted molar refractivity (Wildman–Crippen MR) is 103 cm³/mol. The molecule has 1 aliphatic heterocycles. The summed E-state index contributed by atoms with van der Waals surface area (Å²) in [6.45, 7) is 10.0. The van der Waals surface area contributed by atoms with Crippen LogP contribution in [-0.4, -0.2) is 69.3 Å². The van der Waals surface area contributed by atoms with Gasteiger partial charge in [-0.15, -0.1) is 10.2 Å². The highest BCUT2D eigenvalue weighted by molar-refractivity contribution is 5.80. The van der Waals surface area contributed by atoms with Crippen molar-refractivity contribution in [2.75, 3.05) is 32.7 Å². The number of guanidine groups is 1. The van der Waals surface area contributed by atoms with E-state index in [1.54, 1.807) is 0 Å². The first-order valence-electron chi connectivity index (χ1n) is 10.3. The maximum Gasteiger partial charge on any atom is 0.194 e. The van der Waals surface area contributed by atoms with Crippen LogP contribution < -0.4 is 5.32 Å². The van der Waals surface area contributed by atoms with Gasteiger partial charge in [-0.2, -0.15) is 0 Å². The van der Waals surface area contributed by atoms with Crippen molar-refractivity contribution in [3.63, 3.8) is 0 Å². The molecule has 0 spiro atoms. The fourth-order valence-electron chi connectivity index (χ4n) is 5.08. The third-order valence-corrected chi connectivity index (χ3v) is 6.67. The van der Waals surface area contributed by atoms with E-state index < -0.39 is 0 Å². The largest absolute Gasteiger partial charge is 0.357 e. The normalized spacial score (nSPS) is 29.6. The highest BCUT2D eigenvalue weighted by Crippen LogP contribution is 2.46. The fourth-order valence-corrected chi connectivity index (χ4v) is 5.08. The van der Waals surface area contributed by atoms with Gasteiger partial charge in [0.15, 0.2) is 11.8 Å². The first-order valence-corrected chi connectivity index (χ1v) is 10.3. The Kier molecular flexibility index (Phi) is 5.16. The van der Waals surface area contributed by atoms with E-state index in [0.717, 1.165) is 55.1 Å². The quantitative estimate of drug-likeness (QED) is 0.650. The van der Waals surface area contributed by atoms with Crippen molar-refractivity contribution in [2.45, 2.75) is 52.1 Å². The smallest absolute Gasteiger partial charge is 0.194 e. The van der Waals surface area contributed by atoms with Crippen molar-refractivity contribution in [3.8, 4) is 0 Å². The van der Waals surface area contributed by atoms with E-state index in [1.165, 1.54) is 38.8 Å². The second-order valence-corrected chi connectivity index (χ2v) is 8.16. The van der Waals surface area contributed by atoms with Crippen LogP contribution in [0.2, 0.25) is 0 Å². The van der Waals surface area contributed by atoms with E-state index in [9.17, 15) is 0 Å². The van der Waals surface area contributed by atoms with Crippen LogP contribution in [0.3, 0.4) is 0 Å². The molecule has 1 N–H and O–H groups in total. The van der Waals surface area contributed by atoms with Crippen molar-refractivity contribution in [3.05, 3.63) is 11.6 Å².